The highest BCUT2D eigenvalue weighted by molar-refractivity contribution is 6.34. The molecule has 4 rings (SSSR count). The Kier molecular flexibility index (Phi) is 3.27. The summed E-state index contributed by atoms with van der Waals surface area (Å²) in [6.07, 6.45) is 5.34. The molecule has 0 radical (unpaired) electrons. The molecular weight excluding hydrogens is 286 g/mol. The number of carbonyl (C=O) groups excluding carboxylic acids is 1. The van der Waals surface area contributed by atoms with Crippen LogP contribution in [0.15, 0.2) is 28.7 Å². The molecule has 0 spiro atoms. The van der Waals surface area contributed by atoms with Crippen LogP contribution >= 0.6 is 11.6 Å². The van der Waals surface area contributed by atoms with Crippen molar-refractivity contribution < 1.29 is 9.21 Å². The van der Waals surface area contributed by atoms with Crippen LogP contribution in [0, 0.1) is 5.92 Å². The summed E-state index contributed by atoms with van der Waals surface area (Å²) in [6.45, 7) is 0. The maximum atomic E-state index is 12.5. The summed E-state index contributed by atoms with van der Waals surface area (Å²) < 4.78 is 5.67. The summed E-state index contributed by atoms with van der Waals surface area (Å²) in [7, 11) is 0. The number of ketones is 1. The highest BCUT2D eigenvalue weighted by Gasteiger charge is 2.34. The lowest BCUT2D eigenvalue weighted by Gasteiger charge is -2.28. The van der Waals surface area contributed by atoms with Gasteiger partial charge in [-0.1, -0.05) is 23.7 Å². The van der Waals surface area contributed by atoms with E-state index in [0.29, 0.717) is 40.8 Å². The van der Waals surface area contributed by atoms with Crippen LogP contribution in [0.2, 0.25) is 5.02 Å². The summed E-state index contributed by atoms with van der Waals surface area (Å²) in [5.74, 6) is 1.04. The van der Waals surface area contributed by atoms with Crippen LogP contribution in [0.3, 0.4) is 0 Å². The van der Waals surface area contributed by atoms with E-state index in [-0.39, 0.29) is 5.78 Å². The first-order valence-electron chi connectivity index (χ1n) is 7.66. The molecule has 2 aliphatic heterocycles. The van der Waals surface area contributed by atoms with E-state index in [0.717, 1.165) is 18.2 Å². The van der Waals surface area contributed by atoms with Gasteiger partial charge in [-0.3, -0.25) is 4.79 Å². The number of rotatable bonds is 3. The number of benzene rings is 1. The first-order valence-corrected chi connectivity index (χ1v) is 8.04. The lowest BCUT2D eigenvalue weighted by molar-refractivity contribution is 0.0920. The van der Waals surface area contributed by atoms with Gasteiger partial charge in [0.05, 0.1) is 5.02 Å². The summed E-state index contributed by atoms with van der Waals surface area (Å²) in [6, 6.07) is 8.63. The first kappa shape index (κ1) is 13.4. The molecule has 2 fully saturated rings. The lowest BCUT2D eigenvalue weighted by atomic mass is 9.88. The monoisotopic (exact) mass is 303 g/mol. The van der Waals surface area contributed by atoms with Crippen molar-refractivity contribution in [2.45, 2.75) is 44.2 Å². The Morgan fingerprint density at radius 2 is 2.05 bits per heavy atom. The van der Waals surface area contributed by atoms with E-state index in [2.05, 4.69) is 5.32 Å². The minimum Gasteiger partial charge on any atom is -0.451 e. The zero-order valence-corrected chi connectivity index (χ0v) is 12.5. The van der Waals surface area contributed by atoms with Crippen molar-refractivity contribution in [3.63, 3.8) is 0 Å². The van der Waals surface area contributed by atoms with Gasteiger partial charge in [0.1, 0.15) is 0 Å². The normalized spacial score (nSPS) is 28.1. The fourth-order valence-corrected chi connectivity index (χ4v) is 4.09. The lowest BCUT2D eigenvalue weighted by Crippen LogP contribution is -2.38. The van der Waals surface area contributed by atoms with Gasteiger partial charge in [-0.25, -0.2) is 0 Å². The Labute approximate surface area is 128 Å². The Bertz CT molecular complexity index is 681. The molecule has 2 aromatic rings. The van der Waals surface area contributed by atoms with E-state index < -0.39 is 0 Å². The summed E-state index contributed by atoms with van der Waals surface area (Å²) in [5.41, 5.74) is 0.618. The third kappa shape index (κ3) is 2.49. The van der Waals surface area contributed by atoms with Crippen molar-refractivity contribution in [2.24, 2.45) is 5.92 Å². The van der Waals surface area contributed by atoms with Gasteiger partial charge in [0.2, 0.25) is 0 Å². The molecule has 2 saturated heterocycles. The Balaban J connectivity index is 1.52. The molecule has 0 amide bonds. The van der Waals surface area contributed by atoms with Crippen LogP contribution in [-0.4, -0.2) is 17.9 Å². The number of carbonyl (C=O) groups is 1. The second-order valence-corrected chi connectivity index (χ2v) is 6.78. The minimum atomic E-state index is 0.105. The van der Waals surface area contributed by atoms with Crippen molar-refractivity contribution in [3.8, 4) is 0 Å². The first-order chi connectivity index (χ1) is 10.2. The van der Waals surface area contributed by atoms with Gasteiger partial charge in [0.15, 0.2) is 17.1 Å². The minimum absolute atomic E-state index is 0.105. The molecule has 110 valence electrons. The summed E-state index contributed by atoms with van der Waals surface area (Å²) in [4.78, 5) is 12.5. The molecule has 1 N–H and O–H groups in total. The molecule has 0 aliphatic carbocycles. The van der Waals surface area contributed by atoms with E-state index in [4.69, 9.17) is 16.0 Å². The van der Waals surface area contributed by atoms with Crippen LogP contribution < -0.4 is 5.32 Å². The van der Waals surface area contributed by atoms with E-state index >= 15 is 0 Å². The van der Waals surface area contributed by atoms with Crippen LogP contribution in [0.1, 0.15) is 42.7 Å². The number of fused-ring (bicyclic) bond motifs is 3. The molecule has 21 heavy (non-hydrogen) atoms. The smallest absolute Gasteiger partial charge is 0.198 e. The standard InChI is InChI=1S/C17H18ClNO2/c18-14-3-1-2-11-9-16(21-17(11)14)15(20)8-10-6-12-4-5-13(7-10)19-12/h1-3,9-10,12-13,19H,4-8H2. The fourth-order valence-electron chi connectivity index (χ4n) is 3.87. The van der Waals surface area contributed by atoms with E-state index in [1.54, 1.807) is 6.07 Å². The Morgan fingerprint density at radius 1 is 1.29 bits per heavy atom. The van der Waals surface area contributed by atoms with Gasteiger partial charge >= 0.3 is 0 Å². The molecule has 2 atom stereocenters. The highest BCUT2D eigenvalue weighted by Crippen LogP contribution is 2.34. The van der Waals surface area contributed by atoms with Crippen LogP contribution in [0.4, 0.5) is 0 Å². The number of hydrogen-bond acceptors (Lipinski definition) is 3. The van der Waals surface area contributed by atoms with Crippen LogP contribution in [0.5, 0.6) is 0 Å². The number of Topliss-reactive ketones (excluding diaryl/α,β-unsaturated/α-hetero) is 1. The number of hydrogen-bond donors (Lipinski definition) is 1. The Hall–Kier alpha value is -1.32. The zero-order valence-electron chi connectivity index (χ0n) is 11.8. The average molecular weight is 304 g/mol. The highest BCUT2D eigenvalue weighted by atomic mass is 35.5. The van der Waals surface area contributed by atoms with Gasteiger partial charge in [-0.2, -0.15) is 0 Å². The van der Waals surface area contributed by atoms with Crippen molar-refractivity contribution >= 4 is 28.4 Å². The Morgan fingerprint density at radius 3 is 2.76 bits per heavy atom. The molecule has 1 aromatic heterocycles. The van der Waals surface area contributed by atoms with Crippen LogP contribution in [0.25, 0.3) is 11.0 Å². The van der Waals surface area contributed by atoms with Crippen molar-refractivity contribution in [3.05, 3.63) is 35.0 Å². The number of halogens is 1. The quantitative estimate of drug-likeness (QED) is 0.865. The number of para-hydroxylation sites is 1. The summed E-state index contributed by atoms with van der Waals surface area (Å²) in [5, 5.41) is 5.07. The average Bonchev–Trinajstić information content (AvgIpc) is 3.03. The van der Waals surface area contributed by atoms with Gasteiger partial charge < -0.3 is 9.73 Å². The SMILES string of the molecule is O=C(CC1CC2CCC(C1)N2)c1cc2cccc(Cl)c2o1. The third-order valence-corrected chi connectivity index (χ3v) is 5.11. The molecule has 3 nitrogen and oxygen atoms in total. The second kappa shape index (κ2) is 5.15. The van der Waals surface area contributed by atoms with E-state index in [1.165, 1.54) is 12.8 Å². The van der Waals surface area contributed by atoms with Gasteiger partial charge in [-0.05, 0) is 43.7 Å². The van der Waals surface area contributed by atoms with Crippen LogP contribution in [-0.2, 0) is 0 Å². The molecule has 2 unspecified atom stereocenters. The molecule has 2 bridgehead atoms. The molecule has 4 heteroatoms. The predicted octanol–water partition coefficient (Wildman–Crippen LogP) is 4.19. The molecule has 1 aromatic carbocycles. The van der Waals surface area contributed by atoms with Gasteiger partial charge in [0, 0.05) is 23.9 Å². The zero-order chi connectivity index (χ0) is 14.4. The molecule has 3 heterocycles. The number of nitrogens with one attached hydrogen (secondary N) is 1. The summed E-state index contributed by atoms with van der Waals surface area (Å²) >= 11 is 6.10. The maximum Gasteiger partial charge on any atom is 0.198 e. The van der Waals surface area contributed by atoms with Gasteiger partial charge in [-0.15, -0.1) is 0 Å². The van der Waals surface area contributed by atoms with E-state index in [9.17, 15) is 4.79 Å². The largest absolute Gasteiger partial charge is 0.451 e. The number of furan rings is 1. The molecule has 0 saturated carbocycles. The third-order valence-electron chi connectivity index (χ3n) is 4.82. The van der Waals surface area contributed by atoms with Crippen molar-refractivity contribution in [1.82, 2.24) is 5.32 Å². The van der Waals surface area contributed by atoms with Crippen molar-refractivity contribution in [2.75, 3.05) is 0 Å². The predicted molar refractivity (Wildman–Crippen MR) is 82.8 cm³/mol. The fraction of sp³-hybridized carbons (Fsp3) is 0.471. The number of piperidine rings is 1. The molecule has 2 aliphatic rings. The van der Waals surface area contributed by atoms with Crippen molar-refractivity contribution in [1.29, 1.82) is 0 Å². The topological polar surface area (TPSA) is 42.2 Å². The second-order valence-electron chi connectivity index (χ2n) is 6.37. The van der Waals surface area contributed by atoms with E-state index in [1.807, 2.05) is 18.2 Å². The maximum absolute atomic E-state index is 12.5. The molecular formula is C17H18ClNO2. The van der Waals surface area contributed by atoms with Gasteiger partial charge in [0.25, 0.3) is 0 Å².